The molecule has 2 unspecified atom stereocenters. The van der Waals surface area contributed by atoms with Crippen LogP contribution in [-0.4, -0.2) is 35.1 Å². The van der Waals surface area contributed by atoms with Crippen molar-refractivity contribution in [3.63, 3.8) is 0 Å². The number of aliphatic hydroxyl groups is 2. The van der Waals surface area contributed by atoms with Crippen LogP contribution in [0, 0.1) is 0 Å². The molecule has 0 aliphatic heterocycles. The summed E-state index contributed by atoms with van der Waals surface area (Å²) in [6.45, 7) is 1.66. The highest BCUT2D eigenvalue weighted by Crippen LogP contribution is 2.29. The van der Waals surface area contributed by atoms with Crippen LogP contribution in [0.1, 0.15) is 26.2 Å². The van der Waals surface area contributed by atoms with E-state index in [9.17, 15) is 10.2 Å². The fraction of sp³-hybridized carbons (Fsp3) is 1.00. The molecule has 1 fully saturated rings. The van der Waals surface area contributed by atoms with E-state index in [0.717, 1.165) is 6.42 Å². The summed E-state index contributed by atoms with van der Waals surface area (Å²) in [5, 5.41) is 19.0. The van der Waals surface area contributed by atoms with Crippen LogP contribution in [-0.2, 0) is 4.74 Å². The molecular weight excluding hydrogens is 144 g/mol. The van der Waals surface area contributed by atoms with E-state index in [4.69, 9.17) is 4.74 Å². The molecule has 0 bridgehead atoms. The van der Waals surface area contributed by atoms with E-state index in [1.807, 2.05) is 0 Å². The Hall–Kier alpha value is -0.120. The van der Waals surface area contributed by atoms with Crippen molar-refractivity contribution in [1.82, 2.24) is 0 Å². The molecule has 0 heterocycles. The lowest BCUT2D eigenvalue weighted by atomic mass is 9.82. The Balaban J connectivity index is 2.52. The molecule has 0 spiro atoms. The van der Waals surface area contributed by atoms with Crippen LogP contribution in [0.25, 0.3) is 0 Å². The molecule has 1 saturated carbocycles. The van der Waals surface area contributed by atoms with Gasteiger partial charge in [0, 0.05) is 13.5 Å². The maximum absolute atomic E-state index is 9.61. The molecule has 0 saturated heterocycles. The van der Waals surface area contributed by atoms with Gasteiger partial charge in [-0.1, -0.05) is 0 Å². The third-order valence-corrected chi connectivity index (χ3v) is 2.45. The number of hydrogen-bond acceptors (Lipinski definition) is 3. The van der Waals surface area contributed by atoms with Crippen LogP contribution in [0.5, 0.6) is 0 Å². The average Bonchev–Trinajstić information content (AvgIpc) is 1.95. The Morgan fingerprint density at radius 1 is 1.45 bits per heavy atom. The van der Waals surface area contributed by atoms with Gasteiger partial charge in [-0.3, -0.25) is 0 Å². The smallest absolute Gasteiger partial charge is 0.0902 e. The number of methoxy groups -OCH3 is 1. The largest absolute Gasteiger partial charge is 0.390 e. The Morgan fingerprint density at radius 2 is 2.09 bits per heavy atom. The first-order valence-electron chi connectivity index (χ1n) is 3.99. The van der Waals surface area contributed by atoms with E-state index < -0.39 is 11.7 Å². The highest BCUT2D eigenvalue weighted by atomic mass is 16.5. The molecule has 11 heavy (non-hydrogen) atoms. The zero-order valence-corrected chi connectivity index (χ0v) is 7.08. The molecule has 0 aromatic heterocycles. The van der Waals surface area contributed by atoms with E-state index in [1.54, 1.807) is 14.0 Å². The maximum Gasteiger partial charge on any atom is 0.0902 e. The second kappa shape index (κ2) is 3.09. The van der Waals surface area contributed by atoms with Gasteiger partial charge in [-0.25, -0.2) is 0 Å². The highest BCUT2D eigenvalue weighted by molar-refractivity contribution is 4.89. The molecule has 0 aromatic rings. The summed E-state index contributed by atoms with van der Waals surface area (Å²) < 4.78 is 5.10. The zero-order chi connectivity index (χ0) is 8.48. The molecule has 66 valence electrons. The molecule has 0 radical (unpaired) electrons. The molecule has 3 nitrogen and oxygen atoms in total. The van der Waals surface area contributed by atoms with Crippen molar-refractivity contribution in [3.8, 4) is 0 Å². The predicted molar refractivity (Wildman–Crippen MR) is 41.3 cm³/mol. The van der Waals surface area contributed by atoms with Gasteiger partial charge in [0.1, 0.15) is 0 Å². The maximum atomic E-state index is 9.61. The van der Waals surface area contributed by atoms with Gasteiger partial charge in [0.05, 0.1) is 17.8 Å². The minimum Gasteiger partial charge on any atom is -0.390 e. The summed E-state index contributed by atoms with van der Waals surface area (Å²) in [6.07, 6.45) is 1.52. The van der Waals surface area contributed by atoms with Gasteiger partial charge >= 0.3 is 0 Å². The fourth-order valence-corrected chi connectivity index (χ4v) is 1.55. The quantitative estimate of drug-likeness (QED) is 0.580. The van der Waals surface area contributed by atoms with E-state index in [1.165, 1.54) is 0 Å². The molecule has 0 amide bonds. The molecule has 1 rings (SSSR count). The zero-order valence-electron chi connectivity index (χ0n) is 7.08. The lowest BCUT2D eigenvalue weighted by Crippen LogP contribution is -2.46. The Labute approximate surface area is 67.0 Å². The number of ether oxygens (including phenoxy) is 1. The van der Waals surface area contributed by atoms with Crippen LogP contribution in [0.2, 0.25) is 0 Å². The molecule has 0 aromatic carbocycles. The van der Waals surface area contributed by atoms with Gasteiger partial charge in [-0.05, 0) is 19.8 Å². The van der Waals surface area contributed by atoms with E-state index in [2.05, 4.69) is 0 Å². The van der Waals surface area contributed by atoms with Crippen molar-refractivity contribution in [2.75, 3.05) is 7.11 Å². The fourth-order valence-electron chi connectivity index (χ4n) is 1.55. The van der Waals surface area contributed by atoms with E-state index in [-0.39, 0.29) is 6.10 Å². The van der Waals surface area contributed by atoms with Crippen molar-refractivity contribution in [2.45, 2.75) is 44.0 Å². The molecule has 1 aliphatic carbocycles. The number of hydrogen-bond donors (Lipinski definition) is 2. The van der Waals surface area contributed by atoms with E-state index >= 15 is 0 Å². The summed E-state index contributed by atoms with van der Waals surface area (Å²) in [5.74, 6) is 0. The van der Waals surface area contributed by atoms with Gasteiger partial charge in [-0.2, -0.15) is 0 Å². The van der Waals surface area contributed by atoms with Crippen LogP contribution >= 0.6 is 0 Å². The van der Waals surface area contributed by atoms with Gasteiger partial charge in [0.25, 0.3) is 0 Å². The monoisotopic (exact) mass is 160 g/mol. The normalized spacial score (nSPS) is 45.8. The Kier molecular flexibility index (Phi) is 2.52. The lowest BCUT2D eigenvalue weighted by Gasteiger charge is -2.37. The Bertz CT molecular complexity index is 133. The summed E-state index contributed by atoms with van der Waals surface area (Å²) in [7, 11) is 1.64. The second-order valence-corrected chi connectivity index (χ2v) is 3.51. The van der Waals surface area contributed by atoms with Crippen molar-refractivity contribution in [1.29, 1.82) is 0 Å². The lowest BCUT2D eigenvalue weighted by molar-refractivity contribution is -0.123. The van der Waals surface area contributed by atoms with Gasteiger partial charge in [-0.15, -0.1) is 0 Å². The molecule has 1 aliphatic rings. The molecule has 3 atom stereocenters. The topological polar surface area (TPSA) is 49.7 Å². The van der Waals surface area contributed by atoms with Gasteiger partial charge < -0.3 is 14.9 Å². The number of aliphatic hydroxyl groups excluding tert-OH is 1. The van der Waals surface area contributed by atoms with Gasteiger partial charge in [0.2, 0.25) is 0 Å². The van der Waals surface area contributed by atoms with E-state index in [0.29, 0.717) is 12.8 Å². The third kappa shape index (κ3) is 1.92. The van der Waals surface area contributed by atoms with Crippen LogP contribution in [0.3, 0.4) is 0 Å². The van der Waals surface area contributed by atoms with Crippen LogP contribution < -0.4 is 0 Å². The first kappa shape index (κ1) is 8.97. The standard InChI is InChI=1S/C8H16O3/c1-8(10)5-6(11-2)3-4-7(8)9/h6-7,9-10H,3-5H2,1-2H3/t6?,7?,8-/m0/s1. The van der Waals surface area contributed by atoms with Crippen molar-refractivity contribution < 1.29 is 14.9 Å². The highest BCUT2D eigenvalue weighted by Gasteiger charge is 2.37. The summed E-state index contributed by atoms with van der Waals surface area (Å²) >= 11 is 0. The molecule has 3 heteroatoms. The second-order valence-electron chi connectivity index (χ2n) is 3.51. The average molecular weight is 160 g/mol. The minimum atomic E-state index is -0.959. The first-order valence-corrected chi connectivity index (χ1v) is 3.99. The predicted octanol–water partition coefficient (Wildman–Crippen LogP) is 0.297. The van der Waals surface area contributed by atoms with Crippen LogP contribution in [0.4, 0.5) is 0 Å². The molecule has 2 N–H and O–H groups in total. The van der Waals surface area contributed by atoms with Crippen molar-refractivity contribution >= 4 is 0 Å². The number of rotatable bonds is 1. The van der Waals surface area contributed by atoms with Crippen LogP contribution in [0.15, 0.2) is 0 Å². The van der Waals surface area contributed by atoms with Crippen molar-refractivity contribution in [3.05, 3.63) is 0 Å². The summed E-state index contributed by atoms with van der Waals surface area (Å²) in [5.41, 5.74) is -0.959. The third-order valence-electron chi connectivity index (χ3n) is 2.45. The summed E-state index contributed by atoms with van der Waals surface area (Å²) in [6, 6.07) is 0. The molecular formula is C8H16O3. The first-order chi connectivity index (χ1) is 5.06. The summed E-state index contributed by atoms with van der Waals surface area (Å²) in [4.78, 5) is 0. The Morgan fingerprint density at radius 3 is 2.55 bits per heavy atom. The minimum absolute atomic E-state index is 0.105. The van der Waals surface area contributed by atoms with Gasteiger partial charge in [0.15, 0.2) is 0 Å². The SMILES string of the molecule is COC1CCC(O)[C@@](C)(O)C1. The van der Waals surface area contributed by atoms with Crippen molar-refractivity contribution in [2.24, 2.45) is 0 Å².